The van der Waals surface area contributed by atoms with Crippen molar-refractivity contribution in [2.45, 2.75) is 13.8 Å². The summed E-state index contributed by atoms with van der Waals surface area (Å²) in [5, 5.41) is 3.61. The Hall–Kier alpha value is 0.0900. The SMILES string of the molecule is CC(=O)CNC(=O)c1cc(Br)c(Br)s1.Cc1cnc(-c2cc(Br)c(Br)s2)s1. The zero-order chi connectivity index (χ0) is 20.1. The first-order valence-electron chi connectivity index (χ1n) is 7.27. The fourth-order valence-corrected chi connectivity index (χ4v) is 6.48. The van der Waals surface area contributed by atoms with E-state index in [1.165, 1.54) is 28.0 Å². The van der Waals surface area contributed by atoms with Crippen molar-refractivity contribution in [1.82, 2.24) is 10.3 Å². The molecule has 0 radical (unpaired) electrons. The van der Waals surface area contributed by atoms with E-state index >= 15 is 0 Å². The van der Waals surface area contributed by atoms with E-state index in [1.54, 1.807) is 28.7 Å². The highest BCUT2D eigenvalue weighted by Gasteiger charge is 2.12. The minimum absolute atomic E-state index is 0.0620. The first-order valence-corrected chi connectivity index (χ1v) is 12.9. The van der Waals surface area contributed by atoms with E-state index in [-0.39, 0.29) is 18.2 Å². The van der Waals surface area contributed by atoms with Crippen LogP contribution in [0.5, 0.6) is 0 Å². The molecule has 1 amide bonds. The largest absolute Gasteiger partial charge is 0.344 e. The predicted octanol–water partition coefficient (Wildman–Crippen LogP) is 7.30. The number of nitrogens with one attached hydrogen (secondary N) is 1. The molecule has 0 unspecified atom stereocenters. The van der Waals surface area contributed by atoms with Gasteiger partial charge in [0.15, 0.2) is 0 Å². The summed E-state index contributed by atoms with van der Waals surface area (Å²) in [5.74, 6) is -0.287. The molecule has 3 rings (SSSR count). The number of halogens is 4. The van der Waals surface area contributed by atoms with Crippen molar-refractivity contribution < 1.29 is 9.59 Å². The number of ketones is 1. The number of thiazole rings is 1. The number of hydrogen-bond acceptors (Lipinski definition) is 6. The third-order valence-electron chi connectivity index (χ3n) is 2.84. The van der Waals surface area contributed by atoms with Gasteiger partial charge in [-0.15, -0.1) is 34.0 Å². The van der Waals surface area contributed by atoms with E-state index in [4.69, 9.17) is 0 Å². The summed E-state index contributed by atoms with van der Waals surface area (Å²) in [6, 6.07) is 3.80. The number of thiophene rings is 2. The Morgan fingerprint density at radius 1 is 1.04 bits per heavy atom. The maximum Gasteiger partial charge on any atom is 0.261 e. The molecule has 0 atom stereocenters. The molecule has 27 heavy (non-hydrogen) atoms. The molecule has 11 heteroatoms. The smallest absolute Gasteiger partial charge is 0.261 e. The molecule has 0 bridgehead atoms. The predicted molar refractivity (Wildman–Crippen MR) is 128 cm³/mol. The van der Waals surface area contributed by atoms with Gasteiger partial charge in [-0.3, -0.25) is 9.59 Å². The third kappa shape index (κ3) is 7.13. The van der Waals surface area contributed by atoms with Gasteiger partial charge in [0.05, 0.1) is 23.9 Å². The minimum atomic E-state index is -0.225. The summed E-state index contributed by atoms with van der Waals surface area (Å²) in [6.45, 7) is 3.57. The van der Waals surface area contributed by atoms with Gasteiger partial charge >= 0.3 is 0 Å². The first-order chi connectivity index (χ1) is 12.7. The van der Waals surface area contributed by atoms with E-state index in [1.807, 2.05) is 6.20 Å². The maximum atomic E-state index is 11.4. The van der Waals surface area contributed by atoms with Gasteiger partial charge in [-0.1, -0.05) is 0 Å². The van der Waals surface area contributed by atoms with Crippen LogP contribution in [-0.2, 0) is 4.79 Å². The highest BCUT2D eigenvalue weighted by atomic mass is 79.9. The molecule has 0 spiro atoms. The fourth-order valence-electron chi connectivity index (χ4n) is 1.67. The van der Waals surface area contributed by atoms with E-state index in [2.05, 4.69) is 87.0 Å². The van der Waals surface area contributed by atoms with Crippen molar-refractivity contribution in [1.29, 1.82) is 0 Å². The lowest BCUT2D eigenvalue weighted by Crippen LogP contribution is -2.27. The van der Waals surface area contributed by atoms with Crippen LogP contribution in [0.3, 0.4) is 0 Å². The Balaban J connectivity index is 0.000000194. The van der Waals surface area contributed by atoms with Crippen LogP contribution in [0.1, 0.15) is 21.5 Å². The second kappa shape index (κ2) is 10.7. The number of amides is 1. The Bertz CT molecular complexity index is 926. The molecular weight excluding hydrogens is 668 g/mol. The quantitative estimate of drug-likeness (QED) is 0.315. The van der Waals surface area contributed by atoms with Gasteiger partial charge in [-0.05, 0) is 89.7 Å². The number of carbonyl (C=O) groups is 2. The summed E-state index contributed by atoms with van der Waals surface area (Å²) >= 11 is 18.2. The van der Waals surface area contributed by atoms with E-state index in [9.17, 15) is 9.59 Å². The van der Waals surface area contributed by atoms with Gasteiger partial charge in [-0.2, -0.15) is 0 Å². The molecule has 0 aromatic carbocycles. The van der Waals surface area contributed by atoms with Gasteiger partial charge in [0.2, 0.25) is 0 Å². The monoisotopic (exact) mass is 676 g/mol. The highest BCUT2D eigenvalue weighted by Crippen LogP contribution is 2.39. The van der Waals surface area contributed by atoms with Crippen LogP contribution in [-0.4, -0.2) is 23.2 Å². The Morgan fingerprint density at radius 2 is 1.67 bits per heavy atom. The third-order valence-corrected chi connectivity index (χ3v) is 10.4. The van der Waals surface area contributed by atoms with Crippen LogP contribution in [0, 0.1) is 6.92 Å². The van der Waals surface area contributed by atoms with Crippen LogP contribution in [0.25, 0.3) is 9.88 Å². The van der Waals surface area contributed by atoms with Gasteiger partial charge < -0.3 is 5.32 Å². The number of nitrogens with zero attached hydrogens (tertiary/aromatic N) is 1. The maximum absolute atomic E-state index is 11.4. The second-order valence-electron chi connectivity index (χ2n) is 5.13. The molecule has 0 saturated heterocycles. The lowest BCUT2D eigenvalue weighted by Gasteiger charge is -1.98. The molecule has 3 heterocycles. The van der Waals surface area contributed by atoms with Crippen LogP contribution in [0.2, 0.25) is 0 Å². The van der Waals surface area contributed by atoms with Gasteiger partial charge in [0.1, 0.15) is 10.8 Å². The fraction of sp³-hybridized carbons (Fsp3) is 0.188. The zero-order valence-electron chi connectivity index (χ0n) is 13.9. The molecule has 1 N–H and O–H groups in total. The summed E-state index contributed by atoms with van der Waals surface area (Å²) in [5.41, 5.74) is 0. The summed E-state index contributed by atoms with van der Waals surface area (Å²) < 4.78 is 3.93. The molecule has 0 aliphatic carbocycles. The molecule has 4 nitrogen and oxygen atoms in total. The molecular formula is C16H12Br4N2O2S3. The van der Waals surface area contributed by atoms with Crippen LogP contribution in [0.15, 0.2) is 34.8 Å². The lowest BCUT2D eigenvalue weighted by molar-refractivity contribution is -0.116. The van der Waals surface area contributed by atoms with Gasteiger partial charge in [-0.25, -0.2) is 4.98 Å². The molecule has 0 aliphatic rings. The van der Waals surface area contributed by atoms with Crippen LogP contribution in [0.4, 0.5) is 0 Å². The number of rotatable bonds is 4. The Morgan fingerprint density at radius 3 is 2.11 bits per heavy atom. The molecule has 144 valence electrons. The molecule has 3 aromatic rings. The minimum Gasteiger partial charge on any atom is -0.344 e. The standard InChI is InChI=1S/C8H7Br2NO2S.C8H5Br2NS2/c1-4(12)3-11-8(13)6-2-5(9)7(10)14-6;1-4-3-11-8(12-4)6-2-5(9)7(10)13-6/h2H,3H2,1H3,(H,11,13);2-3H,1H3. The number of Topliss-reactive ketones (excluding diaryl/α,β-unsaturated/α-hetero) is 1. The van der Waals surface area contributed by atoms with Crippen molar-refractivity contribution in [3.63, 3.8) is 0 Å². The number of hydrogen-bond donors (Lipinski definition) is 1. The normalized spacial score (nSPS) is 10.3. The van der Waals surface area contributed by atoms with Crippen LogP contribution >= 0.6 is 97.7 Å². The Kier molecular flexibility index (Phi) is 9.30. The second-order valence-corrected chi connectivity index (χ2v) is 12.8. The van der Waals surface area contributed by atoms with Crippen molar-refractivity contribution in [2.75, 3.05) is 6.54 Å². The first kappa shape index (κ1) is 23.4. The summed E-state index contributed by atoms with van der Waals surface area (Å²) in [6.07, 6.45) is 1.90. The van der Waals surface area contributed by atoms with Crippen molar-refractivity contribution >= 4 is 109 Å². The lowest BCUT2D eigenvalue weighted by atomic mass is 10.4. The molecule has 0 aliphatic heterocycles. The molecule has 0 fully saturated rings. The number of carbonyl (C=O) groups excluding carboxylic acids is 2. The summed E-state index contributed by atoms with van der Waals surface area (Å²) in [4.78, 5) is 29.4. The molecule has 0 saturated carbocycles. The summed E-state index contributed by atoms with van der Waals surface area (Å²) in [7, 11) is 0. The number of aryl methyl sites for hydroxylation is 1. The van der Waals surface area contributed by atoms with E-state index in [0.717, 1.165) is 21.5 Å². The zero-order valence-corrected chi connectivity index (χ0v) is 22.7. The van der Waals surface area contributed by atoms with Gasteiger partial charge in [0.25, 0.3) is 5.91 Å². The highest BCUT2D eigenvalue weighted by molar-refractivity contribution is 9.14. The van der Waals surface area contributed by atoms with Crippen LogP contribution < -0.4 is 5.32 Å². The van der Waals surface area contributed by atoms with Crippen molar-refractivity contribution in [3.05, 3.63) is 44.6 Å². The van der Waals surface area contributed by atoms with Crippen molar-refractivity contribution in [3.8, 4) is 9.88 Å². The molecule has 3 aromatic heterocycles. The average molecular weight is 680 g/mol. The van der Waals surface area contributed by atoms with E-state index < -0.39 is 0 Å². The van der Waals surface area contributed by atoms with E-state index in [0.29, 0.717) is 4.88 Å². The topological polar surface area (TPSA) is 59.1 Å². The Labute approximate surface area is 202 Å². The van der Waals surface area contributed by atoms with Crippen molar-refractivity contribution in [2.24, 2.45) is 0 Å². The number of aromatic nitrogens is 1. The van der Waals surface area contributed by atoms with Gasteiger partial charge in [0, 0.05) is 20.0 Å². The average Bonchev–Trinajstić information content (AvgIpc) is 3.27.